The van der Waals surface area contributed by atoms with Crippen LogP contribution in [0.15, 0.2) is 29.3 Å². The van der Waals surface area contributed by atoms with Crippen LogP contribution in [0.2, 0.25) is 0 Å². The van der Waals surface area contributed by atoms with Gasteiger partial charge in [0.1, 0.15) is 5.75 Å². The van der Waals surface area contributed by atoms with Crippen LogP contribution in [-0.2, 0) is 0 Å². The molecule has 1 N–H and O–H groups in total. The summed E-state index contributed by atoms with van der Waals surface area (Å²) in [4.78, 5) is 14.5. The van der Waals surface area contributed by atoms with E-state index in [1.807, 2.05) is 13.1 Å². The van der Waals surface area contributed by atoms with Gasteiger partial charge in [0, 0.05) is 84.2 Å². The zero-order valence-electron chi connectivity index (χ0n) is 19.3. The zero-order chi connectivity index (χ0) is 21.3. The van der Waals surface area contributed by atoms with Crippen molar-refractivity contribution < 1.29 is 4.74 Å². The number of benzene rings is 1. The molecule has 3 rings (SSSR count). The lowest BCUT2D eigenvalue weighted by molar-refractivity contribution is 0.124. The Labute approximate surface area is 182 Å². The van der Waals surface area contributed by atoms with Crippen molar-refractivity contribution in [3.63, 3.8) is 0 Å². The Bertz CT molecular complexity index is 665. The van der Waals surface area contributed by atoms with Crippen molar-refractivity contribution >= 4 is 11.6 Å². The van der Waals surface area contributed by atoms with Crippen LogP contribution in [0.1, 0.15) is 13.8 Å². The van der Waals surface area contributed by atoms with Gasteiger partial charge in [0.25, 0.3) is 0 Å². The van der Waals surface area contributed by atoms with Crippen molar-refractivity contribution in [1.29, 1.82) is 0 Å². The van der Waals surface area contributed by atoms with Gasteiger partial charge in [-0.05, 0) is 24.6 Å². The summed E-state index contributed by atoms with van der Waals surface area (Å²) in [6, 6.07) is 8.33. The highest BCUT2D eigenvalue weighted by Crippen LogP contribution is 2.22. The molecule has 0 aromatic heterocycles. The van der Waals surface area contributed by atoms with Gasteiger partial charge in [-0.25, -0.2) is 0 Å². The number of anilines is 1. The smallest absolute Gasteiger partial charge is 0.193 e. The highest BCUT2D eigenvalue weighted by molar-refractivity contribution is 5.80. The first kappa shape index (κ1) is 22.7. The summed E-state index contributed by atoms with van der Waals surface area (Å²) in [5.41, 5.74) is 1.23. The first-order valence-electron chi connectivity index (χ1n) is 11.4. The second-order valence-electron chi connectivity index (χ2n) is 8.44. The van der Waals surface area contributed by atoms with E-state index in [0.29, 0.717) is 5.92 Å². The number of nitrogens with one attached hydrogen (secondary N) is 1. The number of guanidine groups is 1. The van der Waals surface area contributed by atoms with Crippen molar-refractivity contribution in [2.24, 2.45) is 10.9 Å². The molecule has 2 fully saturated rings. The summed E-state index contributed by atoms with van der Waals surface area (Å²) in [5, 5.41) is 3.62. The fraction of sp³-hybridized carbons (Fsp3) is 0.696. The predicted molar refractivity (Wildman–Crippen MR) is 126 cm³/mol. The molecule has 0 saturated carbocycles. The second kappa shape index (κ2) is 11.4. The average molecular weight is 417 g/mol. The Hall–Kier alpha value is -1.99. The Balaban J connectivity index is 1.41. The molecule has 7 heteroatoms. The third-order valence-corrected chi connectivity index (χ3v) is 6.30. The number of nitrogens with zero attached hydrogens (tertiary/aromatic N) is 5. The van der Waals surface area contributed by atoms with E-state index in [4.69, 9.17) is 4.74 Å². The largest absolute Gasteiger partial charge is 0.497 e. The Morgan fingerprint density at radius 1 is 1.07 bits per heavy atom. The molecule has 2 heterocycles. The molecule has 0 aliphatic carbocycles. The minimum absolute atomic E-state index is 0.605. The standard InChI is InChI=1S/C23H40N6O/c1-5-26-9-11-27(12-10-26)19-20(2)18-25-23(24-3)29-15-13-28(14-16-29)21-7-6-8-22(17-21)30-4/h6-8,17,20H,5,9-16,18-19H2,1-4H3,(H,24,25). The van der Waals surface area contributed by atoms with Crippen LogP contribution >= 0.6 is 0 Å². The number of rotatable bonds is 7. The van der Waals surface area contributed by atoms with Gasteiger partial charge in [-0.3, -0.25) is 4.99 Å². The lowest BCUT2D eigenvalue weighted by atomic mass is 10.1. The molecule has 0 spiro atoms. The van der Waals surface area contributed by atoms with Crippen molar-refractivity contribution in [2.75, 3.05) is 91.0 Å². The third-order valence-electron chi connectivity index (χ3n) is 6.30. The SMILES string of the molecule is CCN1CCN(CC(C)CNC(=NC)N2CCN(c3cccc(OC)c3)CC2)CC1. The van der Waals surface area contributed by atoms with E-state index in [1.54, 1.807) is 7.11 Å². The minimum Gasteiger partial charge on any atom is -0.497 e. The van der Waals surface area contributed by atoms with Gasteiger partial charge in [-0.2, -0.15) is 0 Å². The van der Waals surface area contributed by atoms with Crippen LogP contribution in [0.5, 0.6) is 5.75 Å². The molecule has 0 bridgehead atoms. The molecule has 0 radical (unpaired) electrons. The van der Waals surface area contributed by atoms with Gasteiger partial charge in [0.15, 0.2) is 5.96 Å². The molecule has 7 nitrogen and oxygen atoms in total. The Kier molecular flexibility index (Phi) is 8.63. The van der Waals surface area contributed by atoms with Crippen molar-refractivity contribution in [2.45, 2.75) is 13.8 Å². The normalized spacial score (nSPS) is 20.3. The molecule has 1 aromatic carbocycles. The number of piperazine rings is 2. The van der Waals surface area contributed by atoms with Gasteiger partial charge in [0.2, 0.25) is 0 Å². The van der Waals surface area contributed by atoms with Crippen molar-refractivity contribution in [3.8, 4) is 5.75 Å². The highest BCUT2D eigenvalue weighted by Gasteiger charge is 2.21. The fourth-order valence-corrected chi connectivity index (χ4v) is 4.37. The van der Waals surface area contributed by atoms with Crippen LogP contribution in [0.3, 0.4) is 0 Å². The van der Waals surface area contributed by atoms with E-state index in [0.717, 1.165) is 51.0 Å². The molecule has 1 unspecified atom stereocenters. The molecule has 2 aliphatic heterocycles. The van der Waals surface area contributed by atoms with E-state index in [9.17, 15) is 0 Å². The van der Waals surface area contributed by atoms with Crippen LogP contribution in [0.4, 0.5) is 5.69 Å². The average Bonchev–Trinajstić information content (AvgIpc) is 2.80. The molecule has 2 aliphatic rings. The molecule has 168 valence electrons. The summed E-state index contributed by atoms with van der Waals surface area (Å²) in [6.07, 6.45) is 0. The van der Waals surface area contributed by atoms with Crippen LogP contribution in [0, 0.1) is 5.92 Å². The molecule has 1 atom stereocenters. The van der Waals surface area contributed by atoms with Gasteiger partial charge < -0.3 is 29.7 Å². The lowest BCUT2D eigenvalue weighted by Crippen LogP contribution is -2.53. The molecular formula is C23H40N6O. The van der Waals surface area contributed by atoms with Gasteiger partial charge in [0.05, 0.1) is 7.11 Å². The van der Waals surface area contributed by atoms with Gasteiger partial charge in [-0.15, -0.1) is 0 Å². The number of likely N-dealkylation sites (N-methyl/N-ethyl adjacent to an activating group) is 1. The van der Waals surface area contributed by atoms with Gasteiger partial charge >= 0.3 is 0 Å². The monoisotopic (exact) mass is 416 g/mol. The zero-order valence-corrected chi connectivity index (χ0v) is 19.3. The first-order chi connectivity index (χ1) is 14.6. The molecule has 2 saturated heterocycles. The maximum atomic E-state index is 5.37. The number of methoxy groups -OCH3 is 1. The van der Waals surface area contributed by atoms with Crippen LogP contribution in [0.25, 0.3) is 0 Å². The maximum absolute atomic E-state index is 5.37. The molecule has 0 amide bonds. The third kappa shape index (κ3) is 6.25. The van der Waals surface area contributed by atoms with E-state index in [2.05, 4.69) is 62.0 Å². The summed E-state index contributed by atoms with van der Waals surface area (Å²) >= 11 is 0. The predicted octanol–water partition coefficient (Wildman–Crippen LogP) is 1.67. The topological polar surface area (TPSA) is 46.6 Å². The molecule has 1 aromatic rings. The van der Waals surface area contributed by atoms with E-state index < -0.39 is 0 Å². The van der Waals surface area contributed by atoms with Crippen LogP contribution < -0.4 is 15.0 Å². The number of aliphatic imine (C=N–C) groups is 1. The Morgan fingerprint density at radius 3 is 2.40 bits per heavy atom. The Morgan fingerprint density at radius 2 is 1.77 bits per heavy atom. The summed E-state index contributed by atoms with van der Waals surface area (Å²) in [5.74, 6) is 2.55. The lowest BCUT2D eigenvalue weighted by Gasteiger charge is -2.38. The molecular weight excluding hydrogens is 376 g/mol. The maximum Gasteiger partial charge on any atom is 0.193 e. The van der Waals surface area contributed by atoms with E-state index in [-0.39, 0.29) is 0 Å². The number of hydrogen-bond donors (Lipinski definition) is 1. The summed E-state index contributed by atoms with van der Waals surface area (Å²) < 4.78 is 5.37. The van der Waals surface area contributed by atoms with Crippen LogP contribution in [-0.4, -0.2) is 107 Å². The quantitative estimate of drug-likeness (QED) is 0.539. The molecule has 30 heavy (non-hydrogen) atoms. The minimum atomic E-state index is 0.605. The van der Waals surface area contributed by atoms with E-state index >= 15 is 0 Å². The second-order valence-corrected chi connectivity index (χ2v) is 8.44. The van der Waals surface area contributed by atoms with E-state index in [1.165, 1.54) is 38.4 Å². The fourth-order valence-electron chi connectivity index (χ4n) is 4.37. The number of ether oxygens (including phenoxy) is 1. The summed E-state index contributed by atoms with van der Waals surface area (Å²) in [7, 11) is 3.62. The number of hydrogen-bond acceptors (Lipinski definition) is 5. The highest BCUT2D eigenvalue weighted by atomic mass is 16.5. The van der Waals surface area contributed by atoms with Crippen molar-refractivity contribution in [1.82, 2.24) is 20.0 Å². The first-order valence-corrected chi connectivity index (χ1v) is 11.4. The summed E-state index contributed by atoms with van der Waals surface area (Å²) in [6.45, 7) is 16.6. The van der Waals surface area contributed by atoms with Gasteiger partial charge in [-0.1, -0.05) is 19.9 Å². The van der Waals surface area contributed by atoms with Crippen molar-refractivity contribution in [3.05, 3.63) is 24.3 Å².